The minimum Gasteiger partial charge on any atom is -0.353 e. The summed E-state index contributed by atoms with van der Waals surface area (Å²) >= 11 is 0. The van der Waals surface area contributed by atoms with Gasteiger partial charge in [-0.15, -0.1) is 0 Å². The molecule has 0 saturated heterocycles. The summed E-state index contributed by atoms with van der Waals surface area (Å²) in [5.74, 6) is 0. The Morgan fingerprint density at radius 3 is 2.06 bits per heavy atom. The second-order valence-corrected chi connectivity index (χ2v) is 4.20. The van der Waals surface area contributed by atoms with Gasteiger partial charge in [-0.3, -0.25) is 0 Å². The summed E-state index contributed by atoms with van der Waals surface area (Å²) < 4.78 is 11.4. The molecule has 0 aromatic heterocycles. The third-order valence-corrected chi connectivity index (χ3v) is 2.53. The van der Waals surface area contributed by atoms with E-state index in [0.717, 1.165) is 38.9 Å². The quantitative estimate of drug-likeness (QED) is 0.607. The molecule has 1 rings (SSSR count). The van der Waals surface area contributed by atoms with Gasteiger partial charge in [-0.25, -0.2) is 0 Å². The van der Waals surface area contributed by atoms with Crippen LogP contribution in [0.5, 0.6) is 0 Å². The van der Waals surface area contributed by atoms with Crippen molar-refractivity contribution in [3.8, 4) is 0 Å². The van der Waals surface area contributed by atoms with Gasteiger partial charge in [0.15, 0.2) is 6.29 Å². The van der Waals surface area contributed by atoms with E-state index in [0.29, 0.717) is 0 Å². The van der Waals surface area contributed by atoms with Crippen LogP contribution < -0.4 is 0 Å². The highest BCUT2D eigenvalue weighted by Gasteiger charge is 2.08. The molecule has 1 aromatic carbocycles. The molecule has 1 aromatic rings. The monoisotopic (exact) mass is 236 g/mol. The van der Waals surface area contributed by atoms with Crippen molar-refractivity contribution in [1.82, 2.24) is 0 Å². The van der Waals surface area contributed by atoms with Gasteiger partial charge in [-0.2, -0.15) is 0 Å². The van der Waals surface area contributed by atoms with Gasteiger partial charge in [-0.05, 0) is 24.8 Å². The van der Waals surface area contributed by atoms with E-state index >= 15 is 0 Å². The summed E-state index contributed by atoms with van der Waals surface area (Å²) in [6.07, 6.45) is 3.98. The van der Waals surface area contributed by atoms with Gasteiger partial charge >= 0.3 is 0 Å². The van der Waals surface area contributed by atoms with Crippen molar-refractivity contribution in [2.24, 2.45) is 0 Å². The number of hydrogen-bond acceptors (Lipinski definition) is 2. The van der Waals surface area contributed by atoms with E-state index in [9.17, 15) is 0 Å². The van der Waals surface area contributed by atoms with E-state index in [-0.39, 0.29) is 6.29 Å². The first-order valence-corrected chi connectivity index (χ1v) is 6.64. The molecule has 0 radical (unpaired) electrons. The van der Waals surface area contributed by atoms with Crippen molar-refractivity contribution in [3.63, 3.8) is 0 Å². The van der Waals surface area contributed by atoms with Gasteiger partial charge < -0.3 is 9.47 Å². The van der Waals surface area contributed by atoms with E-state index in [1.165, 1.54) is 5.56 Å². The van der Waals surface area contributed by atoms with Crippen LogP contribution in [-0.2, 0) is 15.9 Å². The van der Waals surface area contributed by atoms with E-state index < -0.39 is 0 Å². The van der Waals surface area contributed by atoms with Crippen LogP contribution in [0, 0.1) is 0 Å². The number of aryl methyl sites for hydroxylation is 1. The molecule has 0 amide bonds. The Morgan fingerprint density at radius 2 is 1.53 bits per heavy atom. The van der Waals surface area contributed by atoms with Crippen molar-refractivity contribution in [2.45, 2.75) is 45.8 Å². The second-order valence-electron chi connectivity index (χ2n) is 4.20. The Hall–Kier alpha value is -0.860. The molecule has 0 aliphatic carbocycles. The highest BCUT2D eigenvalue weighted by Crippen LogP contribution is 2.09. The van der Waals surface area contributed by atoms with Crippen LogP contribution in [0.1, 0.15) is 38.7 Å². The molecular formula is C15H24O2. The summed E-state index contributed by atoms with van der Waals surface area (Å²) in [6.45, 7) is 5.80. The van der Waals surface area contributed by atoms with Gasteiger partial charge in [-0.1, -0.05) is 44.2 Å². The molecule has 2 nitrogen and oxygen atoms in total. The molecule has 0 fully saturated rings. The van der Waals surface area contributed by atoms with Gasteiger partial charge in [0.05, 0.1) is 0 Å². The molecule has 0 atom stereocenters. The lowest BCUT2D eigenvalue weighted by Crippen LogP contribution is -2.19. The van der Waals surface area contributed by atoms with Crippen LogP contribution >= 0.6 is 0 Å². The van der Waals surface area contributed by atoms with Crippen LogP contribution in [0.2, 0.25) is 0 Å². The van der Waals surface area contributed by atoms with Crippen molar-refractivity contribution in [1.29, 1.82) is 0 Å². The van der Waals surface area contributed by atoms with E-state index in [2.05, 4.69) is 38.1 Å². The fourth-order valence-corrected chi connectivity index (χ4v) is 1.64. The first-order chi connectivity index (χ1) is 8.36. The van der Waals surface area contributed by atoms with Crippen molar-refractivity contribution >= 4 is 0 Å². The molecular weight excluding hydrogens is 212 g/mol. The molecule has 0 spiro atoms. The minimum atomic E-state index is -0.0462. The Bertz CT molecular complexity index is 264. The van der Waals surface area contributed by atoms with Crippen LogP contribution in [0.4, 0.5) is 0 Å². The predicted octanol–water partition coefficient (Wildman–Crippen LogP) is 3.80. The third kappa shape index (κ3) is 6.44. The lowest BCUT2D eigenvalue weighted by atomic mass is 10.1. The summed E-state index contributed by atoms with van der Waals surface area (Å²) in [5.41, 5.74) is 1.35. The number of ether oxygens (including phenoxy) is 2. The summed E-state index contributed by atoms with van der Waals surface area (Å²) in [4.78, 5) is 0. The Balaban J connectivity index is 2.31. The van der Waals surface area contributed by atoms with Crippen LogP contribution in [0.25, 0.3) is 0 Å². The molecule has 2 heteroatoms. The highest BCUT2D eigenvalue weighted by atomic mass is 16.7. The fraction of sp³-hybridized carbons (Fsp3) is 0.600. The number of rotatable bonds is 9. The highest BCUT2D eigenvalue weighted by molar-refractivity contribution is 5.14. The normalized spacial score (nSPS) is 11.0. The lowest BCUT2D eigenvalue weighted by molar-refractivity contribution is -0.145. The maximum atomic E-state index is 5.69. The molecule has 0 unspecified atom stereocenters. The Labute approximate surface area is 105 Å². The van der Waals surface area contributed by atoms with Crippen molar-refractivity contribution < 1.29 is 9.47 Å². The maximum Gasteiger partial charge on any atom is 0.157 e. The number of benzene rings is 1. The van der Waals surface area contributed by atoms with Crippen molar-refractivity contribution in [3.05, 3.63) is 35.9 Å². The van der Waals surface area contributed by atoms with E-state index in [4.69, 9.17) is 9.47 Å². The lowest BCUT2D eigenvalue weighted by Gasteiger charge is -2.18. The van der Waals surface area contributed by atoms with Gasteiger partial charge in [0, 0.05) is 19.6 Å². The van der Waals surface area contributed by atoms with Crippen LogP contribution in [0.15, 0.2) is 30.3 Å². The standard InChI is InChI=1S/C15H24O2/c1-3-12-16-15(17-13-4-2)11-10-14-8-6-5-7-9-14/h5-9,15H,3-4,10-13H2,1-2H3. The van der Waals surface area contributed by atoms with E-state index in [1.807, 2.05) is 6.07 Å². The summed E-state index contributed by atoms with van der Waals surface area (Å²) in [5, 5.41) is 0. The van der Waals surface area contributed by atoms with Crippen LogP contribution in [0.3, 0.4) is 0 Å². The molecule has 0 bridgehead atoms. The van der Waals surface area contributed by atoms with E-state index in [1.54, 1.807) is 0 Å². The topological polar surface area (TPSA) is 18.5 Å². The average molecular weight is 236 g/mol. The zero-order valence-electron chi connectivity index (χ0n) is 11.0. The maximum absolute atomic E-state index is 5.69. The van der Waals surface area contributed by atoms with Crippen LogP contribution in [-0.4, -0.2) is 19.5 Å². The summed E-state index contributed by atoms with van der Waals surface area (Å²) in [7, 11) is 0. The average Bonchev–Trinajstić information content (AvgIpc) is 2.39. The minimum absolute atomic E-state index is 0.0462. The number of hydrogen-bond donors (Lipinski definition) is 0. The molecule has 17 heavy (non-hydrogen) atoms. The zero-order chi connectivity index (χ0) is 12.3. The first-order valence-electron chi connectivity index (χ1n) is 6.64. The Morgan fingerprint density at radius 1 is 0.941 bits per heavy atom. The van der Waals surface area contributed by atoms with Crippen molar-refractivity contribution in [2.75, 3.05) is 13.2 Å². The Kier molecular flexibility index (Phi) is 7.69. The fourth-order valence-electron chi connectivity index (χ4n) is 1.64. The first kappa shape index (κ1) is 14.2. The molecule has 0 N–H and O–H groups in total. The third-order valence-electron chi connectivity index (χ3n) is 2.53. The smallest absolute Gasteiger partial charge is 0.157 e. The largest absolute Gasteiger partial charge is 0.353 e. The SMILES string of the molecule is CCCOC(CCc1ccccc1)OCCC. The molecule has 0 saturated carbocycles. The zero-order valence-corrected chi connectivity index (χ0v) is 11.0. The molecule has 96 valence electrons. The molecule has 0 aliphatic heterocycles. The summed E-state index contributed by atoms with van der Waals surface area (Å²) in [6, 6.07) is 10.5. The van der Waals surface area contributed by atoms with Gasteiger partial charge in [0.2, 0.25) is 0 Å². The van der Waals surface area contributed by atoms with Gasteiger partial charge in [0.25, 0.3) is 0 Å². The van der Waals surface area contributed by atoms with Gasteiger partial charge in [0.1, 0.15) is 0 Å². The second kappa shape index (κ2) is 9.20. The molecule has 0 heterocycles. The molecule has 0 aliphatic rings. The predicted molar refractivity (Wildman–Crippen MR) is 71.0 cm³/mol.